The Morgan fingerprint density at radius 3 is 2.24 bits per heavy atom. The summed E-state index contributed by atoms with van der Waals surface area (Å²) in [5, 5.41) is 15.2. The van der Waals surface area contributed by atoms with E-state index in [4.69, 9.17) is 4.74 Å². The first-order valence-corrected chi connectivity index (χ1v) is 11.8. The van der Waals surface area contributed by atoms with Crippen LogP contribution in [0.25, 0.3) is 11.1 Å². The van der Waals surface area contributed by atoms with Gasteiger partial charge in [-0.1, -0.05) is 55.0 Å². The number of amides is 2. The van der Waals surface area contributed by atoms with Gasteiger partial charge < -0.3 is 20.5 Å². The smallest absolute Gasteiger partial charge is 0.407 e. The molecule has 1 saturated carbocycles. The number of hydrogen-bond donors (Lipinski definition) is 3. The van der Waals surface area contributed by atoms with E-state index in [-0.39, 0.29) is 24.9 Å². The van der Waals surface area contributed by atoms with Crippen LogP contribution in [0, 0.1) is 5.41 Å². The van der Waals surface area contributed by atoms with Gasteiger partial charge in [0.25, 0.3) is 0 Å². The lowest BCUT2D eigenvalue weighted by atomic mass is 9.84. The minimum absolute atomic E-state index is 0.0173. The van der Waals surface area contributed by atoms with Crippen LogP contribution in [0.1, 0.15) is 63.5 Å². The Balaban J connectivity index is 1.33. The van der Waals surface area contributed by atoms with Crippen molar-refractivity contribution in [3.8, 4) is 11.1 Å². The number of nitrogens with one attached hydrogen (secondary N) is 2. The zero-order chi connectivity index (χ0) is 24.5. The summed E-state index contributed by atoms with van der Waals surface area (Å²) in [6.07, 6.45) is 1.36. The Morgan fingerprint density at radius 2 is 1.65 bits per heavy atom. The molecule has 2 aromatic carbocycles. The summed E-state index contributed by atoms with van der Waals surface area (Å²) < 4.78 is 5.60. The average molecular weight is 465 g/mol. The molecule has 0 spiro atoms. The van der Waals surface area contributed by atoms with Crippen molar-refractivity contribution < 1.29 is 24.2 Å². The summed E-state index contributed by atoms with van der Waals surface area (Å²) in [6, 6.07) is 15.8. The summed E-state index contributed by atoms with van der Waals surface area (Å²) in [7, 11) is 0. The molecular formula is C27H32N2O5. The molecular weight excluding hydrogens is 432 g/mol. The lowest BCUT2D eigenvalue weighted by molar-refractivity contribution is -0.149. The summed E-state index contributed by atoms with van der Waals surface area (Å²) in [6.45, 7) is 5.37. The number of benzene rings is 2. The Morgan fingerprint density at radius 1 is 1.06 bits per heavy atom. The van der Waals surface area contributed by atoms with Crippen molar-refractivity contribution in [3.05, 3.63) is 59.7 Å². The third kappa shape index (κ3) is 4.65. The van der Waals surface area contributed by atoms with Crippen molar-refractivity contribution in [1.82, 2.24) is 10.6 Å². The monoisotopic (exact) mass is 464 g/mol. The Labute approximate surface area is 199 Å². The standard InChI is InChI=1S/C27H32N2O5/c1-26(2,15-23(30)28-22-13-8-14-27(22,3)24(31)32)29-25(33)34-16-21-19-11-6-4-9-17(19)18-10-5-7-12-20(18)21/h4-7,9-12,21-22H,8,13-16H2,1-3H3,(H,28,30)(H,29,33)(H,31,32). The van der Waals surface area contributed by atoms with E-state index in [1.807, 2.05) is 24.3 Å². The third-order valence-corrected chi connectivity index (χ3v) is 7.17. The van der Waals surface area contributed by atoms with Crippen molar-refractivity contribution >= 4 is 18.0 Å². The van der Waals surface area contributed by atoms with Crippen molar-refractivity contribution in [2.75, 3.05) is 6.61 Å². The van der Waals surface area contributed by atoms with Crippen molar-refractivity contribution in [1.29, 1.82) is 0 Å². The maximum Gasteiger partial charge on any atom is 0.407 e. The highest BCUT2D eigenvalue weighted by atomic mass is 16.5. The number of carboxylic acid groups (broad SMARTS) is 1. The number of alkyl carbamates (subject to hydrolysis) is 1. The maximum absolute atomic E-state index is 12.7. The minimum atomic E-state index is -0.958. The van der Waals surface area contributed by atoms with Gasteiger partial charge in [0.15, 0.2) is 0 Å². The third-order valence-electron chi connectivity index (χ3n) is 7.17. The highest BCUT2D eigenvalue weighted by Crippen LogP contribution is 2.44. The van der Waals surface area contributed by atoms with Gasteiger partial charge in [0.05, 0.1) is 5.41 Å². The second-order valence-electron chi connectivity index (χ2n) is 10.2. The van der Waals surface area contributed by atoms with Gasteiger partial charge in [-0.3, -0.25) is 9.59 Å². The van der Waals surface area contributed by atoms with Gasteiger partial charge in [-0.15, -0.1) is 0 Å². The Bertz CT molecular complexity index is 1070. The number of hydrogen-bond acceptors (Lipinski definition) is 4. The number of ether oxygens (including phenoxy) is 1. The molecule has 2 amide bonds. The fourth-order valence-electron chi connectivity index (χ4n) is 5.26. The fourth-order valence-corrected chi connectivity index (χ4v) is 5.26. The topological polar surface area (TPSA) is 105 Å². The normalized spacial score (nSPS) is 21.4. The largest absolute Gasteiger partial charge is 0.481 e. The lowest BCUT2D eigenvalue weighted by Gasteiger charge is -2.30. The molecule has 0 saturated heterocycles. The predicted octanol–water partition coefficient (Wildman–Crippen LogP) is 4.45. The first kappa shape index (κ1) is 23.8. The van der Waals surface area contributed by atoms with Crippen LogP contribution in [0.3, 0.4) is 0 Å². The van der Waals surface area contributed by atoms with Gasteiger partial charge in [-0.2, -0.15) is 0 Å². The van der Waals surface area contributed by atoms with Crippen LogP contribution in [0.5, 0.6) is 0 Å². The number of aliphatic carboxylic acids is 1. The molecule has 180 valence electrons. The van der Waals surface area contributed by atoms with E-state index in [9.17, 15) is 19.5 Å². The second-order valence-corrected chi connectivity index (χ2v) is 10.2. The van der Waals surface area contributed by atoms with E-state index in [0.29, 0.717) is 12.8 Å². The molecule has 0 aromatic heterocycles. The lowest BCUT2D eigenvalue weighted by Crippen LogP contribution is -2.51. The van der Waals surface area contributed by atoms with Crippen LogP contribution in [0.4, 0.5) is 4.79 Å². The number of rotatable bonds is 7. The van der Waals surface area contributed by atoms with Gasteiger partial charge in [-0.25, -0.2) is 4.79 Å². The minimum Gasteiger partial charge on any atom is -0.481 e. The molecule has 0 aliphatic heterocycles. The van der Waals surface area contributed by atoms with Gasteiger partial charge in [0.2, 0.25) is 5.91 Å². The van der Waals surface area contributed by atoms with E-state index in [1.54, 1.807) is 20.8 Å². The number of carbonyl (C=O) groups excluding carboxylic acids is 2. The second kappa shape index (κ2) is 9.12. The molecule has 0 heterocycles. The van der Waals surface area contributed by atoms with Gasteiger partial charge in [0, 0.05) is 23.9 Å². The van der Waals surface area contributed by atoms with E-state index in [2.05, 4.69) is 34.9 Å². The van der Waals surface area contributed by atoms with Crippen LogP contribution in [0.2, 0.25) is 0 Å². The molecule has 2 aliphatic rings. The van der Waals surface area contributed by atoms with Gasteiger partial charge in [-0.05, 0) is 55.9 Å². The first-order valence-electron chi connectivity index (χ1n) is 11.8. The van der Waals surface area contributed by atoms with Crippen LogP contribution < -0.4 is 10.6 Å². The van der Waals surface area contributed by atoms with Crippen LogP contribution in [0.15, 0.2) is 48.5 Å². The molecule has 7 heteroatoms. The number of fused-ring (bicyclic) bond motifs is 3. The van der Waals surface area contributed by atoms with Gasteiger partial charge >= 0.3 is 12.1 Å². The van der Waals surface area contributed by atoms with Crippen molar-refractivity contribution in [2.45, 2.75) is 64.0 Å². The number of carbonyl (C=O) groups is 3. The van der Waals surface area contributed by atoms with E-state index >= 15 is 0 Å². The molecule has 2 aromatic rings. The highest BCUT2D eigenvalue weighted by Gasteiger charge is 2.46. The Kier molecular flexibility index (Phi) is 6.39. The van der Waals surface area contributed by atoms with E-state index in [1.165, 1.54) is 0 Å². The molecule has 34 heavy (non-hydrogen) atoms. The van der Waals surface area contributed by atoms with E-state index in [0.717, 1.165) is 28.7 Å². The molecule has 0 radical (unpaired) electrons. The Hall–Kier alpha value is -3.35. The van der Waals surface area contributed by atoms with Crippen molar-refractivity contribution in [2.24, 2.45) is 5.41 Å². The summed E-state index contributed by atoms with van der Waals surface area (Å²) in [4.78, 5) is 36.9. The van der Waals surface area contributed by atoms with Crippen molar-refractivity contribution in [3.63, 3.8) is 0 Å². The molecule has 3 N–H and O–H groups in total. The van der Waals surface area contributed by atoms with Crippen LogP contribution in [-0.2, 0) is 14.3 Å². The fraction of sp³-hybridized carbons (Fsp3) is 0.444. The molecule has 0 bridgehead atoms. The zero-order valence-corrected chi connectivity index (χ0v) is 19.9. The predicted molar refractivity (Wildman–Crippen MR) is 128 cm³/mol. The molecule has 2 unspecified atom stereocenters. The average Bonchev–Trinajstić information content (AvgIpc) is 3.30. The molecule has 1 fully saturated rings. The van der Waals surface area contributed by atoms with Crippen LogP contribution in [-0.4, -0.2) is 41.3 Å². The maximum atomic E-state index is 12.7. The molecule has 4 rings (SSSR count). The van der Waals surface area contributed by atoms with Gasteiger partial charge in [0.1, 0.15) is 6.61 Å². The first-order chi connectivity index (χ1) is 16.1. The molecule has 2 aliphatic carbocycles. The summed E-state index contributed by atoms with van der Waals surface area (Å²) >= 11 is 0. The van der Waals surface area contributed by atoms with E-state index < -0.39 is 29.1 Å². The van der Waals surface area contributed by atoms with Crippen LogP contribution >= 0.6 is 0 Å². The number of carboxylic acids is 1. The molecule has 2 atom stereocenters. The zero-order valence-electron chi connectivity index (χ0n) is 19.9. The highest BCUT2D eigenvalue weighted by molar-refractivity contribution is 5.82. The SMILES string of the molecule is CC(C)(CC(=O)NC1CCCC1(C)C(=O)O)NC(=O)OCC1c2ccccc2-c2ccccc21. The summed E-state index contributed by atoms with van der Waals surface area (Å²) in [5.74, 6) is -1.23. The quantitative estimate of drug-likeness (QED) is 0.561. The molecule has 7 nitrogen and oxygen atoms in total. The summed E-state index contributed by atoms with van der Waals surface area (Å²) in [5.41, 5.74) is 2.76.